The molecule has 0 bridgehead atoms. The van der Waals surface area contributed by atoms with Crippen LogP contribution in [0.15, 0.2) is 24.3 Å². The second-order valence-corrected chi connectivity index (χ2v) is 4.80. The summed E-state index contributed by atoms with van der Waals surface area (Å²) >= 11 is 0. The van der Waals surface area contributed by atoms with E-state index < -0.39 is 0 Å². The van der Waals surface area contributed by atoms with Gasteiger partial charge >= 0.3 is 0 Å². The molecule has 1 fully saturated rings. The second kappa shape index (κ2) is 6.65. The molecular weight excluding hydrogens is 212 g/mol. The van der Waals surface area contributed by atoms with Crippen LogP contribution in [0.5, 0.6) is 5.75 Å². The van der Waals surface area contributed by atoms with Crippen LogP contribution in [-0.4, -0.2) is 19.3 Å². The van der Waals surface area contributed by atoms with Crippen molar-refractivity contribution in [2.45, 2.75) is 45.1 Å². The molecule has 1 aliphatic carbocycles. The molecule has 0 aliphatic heterocycles. The molecule has 94 valence electrons. The summed E-state index contributed by atoms with van der Waals surface area (Å²) in [5, 5.41) is 0. The van der Waals surface area contributed by atoms with Crippen LogP contribution >= 0.6 is 0 Å². The Balaban J connectivity index is 1.56. The zero-order valence-corrected chi connectivity index (χ0v) is 10.7. The van der Waals surface area contributed by atoms with Crippen molar-refractivity contribution in [3.05, 3.63) is 29.8 Å². The average Bonchev–Trinajstić information content (AvgIpc) is 2.82. The molecule has 17 heavy (non-hydrogen) atoms. The summed E-state index contributed by atoms with van der Waals surface area (Å²) in [6.45, 7) is 3.66. The van der Waals surface area contributed by atoms with E-state index in [9.17, 15) is 0 Å². The first-order valence-corrected chi connectivity index (χ1v) is 6.66. The third kappa shape index (κ3) is 4.39. The third-order valence-corrected chi connectivity index (χ3v) is 3.20. The van der Waals surface area contributed by atoms with E-state index in [1.165, 1.54) is 31.2 Å². The van der Waals surface area contributed by atoms with E-state index in [2.05, 4.69) is 19.1 Å². The van der Waals surface area contributed by atoms with E-state index in [-0.39, 0.29) is 0 Å². The van der Waals surface area contributed by atoms with Gasteiger partial charge in [0, 0.05) is 6.42 Å². The molecule has 1 saturated carbocycles. The smallest absolute Gasteiger partial charge is 0.119 e. The Kier molecular flexibility index (Phi) is 4.87. The number of rotatable bonds is 6. The summed E-state index contributed by atoms with van der Waals surface area (Å²) in [5.74, 6) is 0.964. The molecule has 0 unspecified atom stereocenters. The van der Waals surface area contributed by atoms with Crippen molar-refractivity contribution in [1.82, 2.24) is 0 Å². The molecule has 2 heteroatoms. The molecule has 0 N–H and O–H groups in total. The molecule has 1 aromatic carbocycles. The van der Waals surface area contributed by atoms with Gasteiger partial charge in [-0.15, -0.1) is 0 Å². The van der Waals surface area contributed by atoms with Gasteiger partial charge in [-0.25, -0.2) is 0 Å². The van der Waals surface area contributed by atoms with E-state index >= 15 is 0 Å². The van der Waals surface area contributed by atoms with Crippen molar-refractivity contribution in [1.29, 1.82) is 0 Å². The number of benzene rings is 1. The second-order valence-electron chi connectivity index (χ2n) is 4.80. The lowest BCUT2D eigenvalue weighted by Gasteiger charge is -2.11. The number of ether oxygens (including phenoxy) is 2. The van der Waals surface area contributed by atoms with Gasteiger partial charge in [0.05, 0.1) is 19.3 Å². The quantitative estimate of drug-likeness (QED) is 0.698. The predicted octanol–water partition coefficient (Wildman–Crippen LogP) is 3.72. The fourth-order valence-electron chi connectivity index (χ4n) is 2.26. The maximum Gasteiger partial charge on any atom is 0.119 e. The van der Waals surface area contributed by atoms with Gasteiger partial charge in [0.1, 0.15) is 5.75 Å². The van der Waals surface area contributed by atoms with Crippen LogP contribution in [0.3, 0.4) is 0 Å². The average molecular weight is 234 g/mol. The van der Waals surface area contributed by atoms with Crippen LogP contribution in [0.1, 0.15) is 37.7 Å². The van der Waals surface area contributed by atoms with Crippen LogP contribution in [0.25, 0.3) is 0 Å². The summed E-state index contributed by atoms with van der Waals surface area (Å²) in [6.07, 6.45) is 6.67. The highest BCUT2D eigenvalue weighted by molar-refractivity contribution is 5.27. The summed E-state index contributed by atoms with van der Waals surface area (Å²) in [7, 11) is 0. The molecule has 1 aliphatic rings. The highest BCUT2D eigenvalue weighted by Crippen LogP contribution is 2.21. The molecule has 0 amide bonds. The molecule has 0 radical (unpaired) electrons. The largest absolute Gasteiger partial charge is 0.493 e. The van der Waals surface area contributed by atoms with Crippen LogP contribution in [0.2, 0.25) is 0 Å². The normalized spacial score (nSPS) is 16.3. The summed E-state index contributed by atoms with van der Waals surface area (Å²) < 4.78 is 11.5. The van der Waals surface area contributed by atoms with Gasteiger partial charge < -0.3 is 9.47 Å². The Morgan fingerprint density at radius 1 is 1.18 bits per heavy atom. The molecule has 1 aromatic rings. The van der Waals surface area contributed by atoms with E-state index in [1.807, 2.05) is 12.1 Å². The zero-order chi connectivity index (χ0) is 11.9. The van der Waals surface area contributed by atoms with Crippen molar-refractivity contribution < 1.29 is 9.47 Å². The molecule has 2 rings (SSSR count). The molecule has 0 spiro atoms. The summed E-state index contributed by atoms with van der Waals surface area (Å²) in [4.78, 5) is 0. The molecule has 0 aromatic heterocycles. The van der Waals surface area contributed by atoms with E-state index in [4.69, 9.17) is 9.47 Å². The number of aryl methyl sites for hydroxylation is 1. The van der Waals surface area contributed by atoms with Crippen molar-refractivity contribution >= 4 is 0 Å². The van der Waals surface area contributed by atoms with Crippen molar-refractivity contribution in [3.63, 3.8) is 0 Å². The summed E-state index contributed by atoms with van der Waals surface area (Å²) in [5.41, 5.74) is 1.24. The lowest BCUT2D eigenvalue weighted by Crippen LogP contribution is -2.10. The van der Waals surface area contributed by atoms with Crippen molar-refractivity contribution in [2.24, 2.45) is 0 Å². The minimum absolute atomic E-state index is 0.522. The molecule has 0 atom stereocenters. The molecule has 0 saturated heterocycles. The SMILES string of the molecule is Cc1cccc(OCCCOC2CCCC2)c1. The lowest BCUT2D eigenvalue weighted by molar-refractivity contribution is 0.0505. The van der Waals surface area contributed by atoms with Crippen molar-refractivity contribution in [2.75, 3.05) is 13.2 Å². The Morgan fingerprint density at radius 3 is 2.76 bits per heavy atom. The van der Waals surface area contributed by atoms with Crippen LogP contribution in [0, 0.1) is 6.92 Å². The van der Waals surface area contributed by atoms with E-state index in [1.54, 1.807) is 0 Å². The van der Waals surface area contributed by atoms with Crippen LogP contribution in [0.4, 0.5) is 0 Å². The zero-order valence-electron chi connectivity index (χ0n) is 10.7. The summed E-state index contributed by atoms with van der Waals surface area (Å²) in [6, 6.07) is 8.18. The van der Waals surface area contributed by atoms with Gasteiger partial charge in [-0.05, 0) is 37.5 Å². The first-order valence-electron chi connectivity index (χ1n) is 6.66. The lowest BCUT2D eigenvalue weighted by atomic mass is 10.2. The van der Waals surface area contributed by atoms with Crippen LogP contribution in [-0.2, 0) is 4.74 Å². The monoisotopic (exact) mass is 234 g/mol. The minimum Gasteiger partial charge on any atom is -0.493 e. The van der Waals surface area contributed by atoms with Crippen molar-refractivity contribution in [3.8, 4) is 5.75 Å². The van der Waals surface area contributed by atoms with Gasteiger partial charge in [-0.3, -0.25) is 0 Å². The third-order valence-electron chi connectivity index (χ3n) is 3.20. The highest BCUT2D eigenvalue weighted by Gasteiger charge is 2.14. The molecular formula is C15H22O2. The maximum absolute atomic E-state index is 5.78. The van der Waals surface area contributed by atoms with Crippen LogP contribution < -0.4 is 4.74 Å². The number of hydrogen-bond donors (Lipinski definition) is 0. The Hall–Kier alpha value is -1.02. The van der Waals surface area contributed by atoms with E-state index in [0.29, 0.717) is 6.10 Å². The van der Waals surface area contributed by atoms with Gasteiger partial charge in [-0.2, -0.15) is 0 Å². The Labute approximate surface area is 104 Å². The first-order chi connectivity index (χ1) is 8.34. The maximum atomic E-state index is 5.78. The Bertz CT molecular complexity index is 329. The predicted molar refractivity (Wildman–Crippen MR) is 69.5 cm³/mol. The topological polar surface area (TPSA) is 18.5 Å². The van der Waals surface area contributed by atoms with Gasteiger partial charge in [0.2, 0.25) is 0 Å². The fourth-order valence-corrected chi connectivity index (χ4v) is 2.26. The van der Waals surface area contributed by atoms with E-state index in [0.717, 1.165) is 25.4 Å². The molecule has 2 nitrogen and oxygen atoms in total. The highest BCUT2D eigenvalue weighted by atomic mass is 16.5. The fraction of sp³-hybridized carbons (Fsp3) is 0.600. The van der Waals surface area contributed by atoms with Gasteiger partial charge in [0.15, 0.2) is 0 Å². The minimum atomic E-state index is 0.522. The Morgan fingerprint density at radius 2 is 2.00 bits per heavy atom. The first kappa shape index (κ1) is 12.4. The standard InChI is InChI=1S/C15H22O2/c1-13-6-4-9-15(12-13)17-11-5-10-16-14-7-2-3-8-14/h4,6,9,12,14H,2-3,5,7-8,10-11H2,1H3. The number of hydrogen-bond acceptors (Lipinski definition) is 2. The van der Waals surface area contributed by atoms with Gasteiger partial charge in [0.25, 0.3) is 0 Å². The van der Waals surface area contributed by atoms with Gasteiger partial charge in [-0.1, -0.05) is 25.0 Å². The molecule has 0 heterocycles.